The molecule has 0 aromatic carbocycles. The van der Waals surface area contributed by atoms with E-state index in [0.29, 0.717) is 6.61 Å². The molecule has 2 rings (SSSR count). The largest absolute Gasteiger partial charge is 0.478 e. The molecule has 0 amide bonds. The van der Waals surface area contributed by atoms with Crippen molar-refractivity contribution in [3.63, 3.8) is 0 Å². The van der Waals surface area contributed by atoms with Crippen molar-refractivity contribution >= 4 is 41.6 Å². The van der Waals surface area contributed by atoms with Crippen LogP contribution in [-0.4, -0.2) is 47.2 Å². The molecular weight excluding hydrogens is 327 g/mol. The number of carboxylic acids is 1. The van der Waals surface area contributed by atoms with E-state index in [1.807, 2.05) is 0 Å². The van der Waals surface area contributed by atoms with E-state index in [1.54, 1.807) is 0 Å². The first-order valence-corrected chi connectivity index (χ1v) is 6.77. The molecule has 5 nitrogen and oxygen atoms in total. The Hall–Kier alpha value is -0.750. The van der Waals surface area contributed by atoms with Crippen LogP contribution in [-0.2, 0) is 0 Å². The average Bonchev–Trinajstić information content (AvgIpc) is 2.85. The quantitative estimate of drug-likeness (QED) is 0.892. The first-order valence-electron chi connectivity index (χ1n) is 6.02. The van der Waals surface area contributed by atoms with Crippen molar-refractivity contribution in [2.75, 3.05) is 26.2 Å². The molecule has 0 atom stereocenters. The second kappa shape index (κ2) is 7.88. The highest BCUT2D eigenvalue weighted by Crippen LogP contribution is 2.31. The number of ether oxygens (including phenoxy) is 1. The number of aromatic nitrogens is 1. The summed E-state index contributed by atoms with van der Waals surface area (Å²) in [5, 5.41) is 8.96. The van der Waals surface area contributed by atoms with Crippen molar-refractivity contribution in [1.82, 2.24) is 9.88 Å². The Kier molecular flexibility index (Phi) is 6.82. The van der Waals surface area contributed by atoms with Crippen molar-refractivity contribution in [1.29, 1.82) is 0 Å². The third kappa shape index (κ3) is 4.12. The molecule has 1 fully saturated rings. The molecule has 0 saturated carbocycles. The summed E-state index contributed by atoms with van der Waals surface area (Å²) in [7, 11) is 0. The van der Waals surface area contributed by atoms with E-state index in [9.17, 15) is 4.79 Å². The summed E-state index contributed by atoms with van der Waals surface area (Å²) in [5.74, 6) is -1.08. The van der Waals surface area contributed by atoms with Crippen LogP contribution in [0.2, 0.25) is 10.0 Å². The zero-order valence-electron chi connectivity index (χ0n) is 10.6. The van der Waals surface area contributed by atoms with Crippen LogP contribution in [0.25, 0.3) is 0 Å². The smallest absolute Gasteiger partial charge is 0.339 e. The molecule has 20 heavy (non-hydrogen) atoms. The number of aromatic carboxylic acids is 1. The van der Waals surface area contributed by atoms with Gasteiger partial charge in [0.15, 0.2) is 0 Å². The first-order chi connectivity index (χ1) is 9.09. The highest BCUT2D eigenvalue weighted by Gasteiger charge is 2.19. The third-order valence-corrected chi connectivity index (χ3v) is 3.64. The molecule has 1 saturated heterocycles. The second-order valence-corrected chi connectivity index (χ2v) is 5.09. The Morgan fingerprint density at radius 1 is 1.40 bits per heavy atom. The Morgan fingerprint density at radius 2 is 2.05 bits per heavy atom. The van der Waals surface area contributed by atoms with Gasteiger partial charge in [-0.1, -0.05) is 23.2 Å². The van der Waals surface area contributed by atoms with Crippen LogP contribution in [0.4, 0.5) is 0 Å². The lowest BCUT2D eigenvalue weighted by Gasteiger charge is -2.15. The Labute approximate surface area is 133 Å². The number of rotatable bonds is 5. The number of hydrogen-bond donors (Lipinski definition) is 1. The minimum Gasteiger partial charge on any atom is -0.478 e. The molecule has 1 aliphatic rings. The molecule has 0 bridgehead atoms. The molecule has 0 aliphatic carbocycles. The maximum Gasteiger partial charge on any atom is 0.339 e. The van der Waals surface area contributed by atoms with Crippen LogP contribution in [0.15, 0.2) is 6.20 Å². The third-order valence-electron chi connectivity index (χ3n) is 3.00. The molecule has 0 radical (unpaired) electrons. The van der Waals surface area contributed by atoms with Crippen LogP contribution < -0.4 is 4.74 Å². The fourth-order valence-electron chi connectivity index (χ4n) is 2.02. The van der Waals surface area contributed by atoms with Crippen molar-refractivity contribution in [2.45, 2.75) is 12.8 Å². The van der Waals surface area contributed by atoms with Gasteiger partial charge in [0.25, 0.3) is 0 Å². The zero-order valence-corrected chi connectivity index (χ0v) is 13.0. The fourth-order valence-corrected chi connectivity index (χ4v) is 2.58. The molecule has 1 aromatic rings. The zero-order chi connectivity index (χ0) is 13.8. The molecule has 0 unspecified atom stereocenters. The molecule has 2 heterocycles. The van der Waals surface area contributed by atoms with Crippen LogP contribution in [0.3, 0.4) is 0 Å². The second-order valence-electron chi connectivity index (χ2n) is 4.30. The van der Waals surface area contributed by atoms with Crippen LogP contribution in [0, 0.1) is 0 Å². The SMILES string of the molecule is Cl.O=C(O)c1c(Cl)cnc(OCCN2CCCC2)c1Cl. The lowest BCUT2D eigenvalue weighted by Crippen LogP contribution is -2.25. The lowest BCUT2D eigenvalue weighted by atomic mass is 10.2. The van der Waals surface area contributed by atoms with Gasteiger partial charge < -0.3 is 9.84 Å². The van der Waals surface area contributed by atoms with E-state index in [1.165, 1.54) is 19.0 Å². The summed E-state index contributed by atoms with van der Waals surface area (Å²) in [6, 6.07) is 0. The standard InChI is InChI=1S/C12H14Cl2N2O3.ClH/c13-8-7-15-11(10(14)9(8)12(17)18)19-6-5-16-3-1-2-4-16;/h7H,1-6H2,(H,17,18);1H. The van der Waals surface area contributed by atoms with Crippen molar-refractivity contribution < 1.29 is 14.6 Å². The Morgan fingerprint density at radius 3 is 2.65 bits per heavy atom. The number of pyridine rings is 1. The fraction of sp³-hybridized carbons (Fsp3) is 0.500. The van der Waals surface area contributed by atoms with Crippen molar-refractivity contribution in [3.8, 4) is 5.88 Å². The summed E-state index contributed by atoms with van der Waals surface area (Å²) < 4.78 is 5.44. The van der Waals surface area contributed by atoms with E-state index in [0.717, 1.165) is 19.6 Å². The van der Waals surface area contributed by atoms with Crippen LogP contribution >= 0.6 is 35.6 Å². The van der Waals surface area contributed by atoms with Crippen molar-refractivity contribution in [3.05, 3.63) is 21.8 Å². The predicted molar refractivity (Wildman–Crippen MR) is 79.6 cm³/mol. The number of carboxylic acid groups (broad SMARTS) is 1. The number of hydrogen-bond acceptors (Lipinski definition) is 4. The molecule has 8 heteroatoms. The van der Waals surface area contributed by atoms with E-state index in [4.69, 9.17) is 33.0 Å². The molecule has 1 aromatic heterocycles. The Bertz CT molecular complexity index is 479. The number of nitrogens with zero attached hydrogens (tertiary/aromatic N) is 2. The van der Waals surface area contributed by atoms with Crippen LogP contribution in [0.1, 0.15) is 23.2 Å². The highest BCUT2D eigenvalue weighted by molar-refractivity contribution is 6.39. The monoisotopic (exact) mass is 340 g/mol. The van der Waals surface area contributed by atoms with Gasteiger partial charge in [0.1, 0.15) is 17.2 Å². The number of carbonyl (C=O) groups is 1. The van der Waals surface area contributed by atoms with Crippen molar-refractivity contribution in [2.24, 2.45) is 0 Å². The van der Waals surface area contributed by atoms with Gasteiger partial charge in [0, 0.05) is 6.54 Å². The highest BCUT2D eigenvalue weighted by atomic mass is 35.5. The molecule has 1 N–H and O–H groups in total. The van der Waals surface area contributed by atoms with Gasteiger partial charge in [-0.05, 0) is 25.9 Å². The van der Waals surface area contributed by atoms with Gasteiger partial charge in [-0.15, -0.1) is 12.4 Å². The summed E-state index contributed by atoms with van der Waals surface area (Å²) in [5.41, 5.74) is -0.172. The van der Waals surface area contributed by atoms with Gasteiger partial charge >= 0.3 is 5.97 Å². The summed E-state index contributed by atoms with van der Waals surface area (Å²) >= 11 is 11.7. The Balaban J connectivity index is 0.00000200. The summed E-state index contributed by atoms with van der Waals surface area (Å²) in [6.45, 7) is 3.35. The van der Waals surface area contributed by atoms with E-state index in [-0.39, 0.29) is 33.9 Å². The van der Waals surface area contributed by atoms with E-state index >= 15 is 0 Å². The topological polar surface area (TPSA) is 62.7 Å². The van der Waals surface area contributed by atoms with Crippen LogP contribution in [0.5, 0.6) is 5.88 Å². The van der Waals surface area contributed by atoms with Gasteiger partial charge in [-0.25, -0.2) is 9.78 Å². The maximum atomic E-state index is 11.0. The molecule has 1 aliphatic heterocycles. The summed E-state index contributed by atoms with van der Waals surface area (Å²) in [4.78, 5) is 17.2. The van der Waals surface area contributed by atoms with Gasteiger partial charge in [0.2, 0.25) is 5.88 Å². The minimum absolute atomic E-state index is 0. The lowest BCUT2D eigenvalue weighted by molar-refractivity contribution is 0.0696. The number of likely N-dealkylation sites (tertiary alicyclic amines) is 1. The summed E-state index contributed by atoms with van der Waals surface area (Å²) in [6.07, 6.45) is 3.66. The first kappa shape index (κ1) is 17.3. The van der Waals surface area contributed by atoms with Gasteiger partial charge in [-0.3, -0.25) is 4.90 Å². The molecule has 112 valence electrons. The predicted octanol–water partition coefficient (Wildman–Crippen LogP) is 2.98. The van der Waals surface area contributed by atoms with Gasteiger partial charge in [0.05, 0.1) is 11.2 Å². The average molecular weight is 342 g/mol. The number of halogens is 3. The maximum absolute atomic E-state index is 11.0. The molecule has 0 spiro atoms. The van der Waals surface area contributed by atoms with E-state index in [2.05, 4.69) is 9.88 Å². The van der Waals surface area contributed by atoms with Gasteiger partial charge in [-0.2, -0.15) is 0 Å². The molecular formula is C12H15Cl3N2O3. The van der Waals surface area contributed by atoms with E-state index < -0.39 is 5.97 Å². The minimum atomic E-state index is -1.19. The normalized spacial score (nSPS) is 14.9.